The Kier molecular flexibility index (Phi) is 7.32. The highest BCUT2D eigenvalue weighted by molar-refractivity contribution is 7.99. The maximum absolute atomic E-state index is 5.78. The van der Waals surface area contributed by atoms with Crippen LogP contribution in [0.4, 0.5) is 0 Å². The maximum atomic E-state index is 5.78. The van der Waals surface area contributed by atoms with Crippen molar-refractivity contribution in [2.75, 3.05) is 46.1 Å². The second-order valence-electron chi connectivity index (χ2n) is 6.40. The number of rotatable bonds is 8. The summed E-state index contributed by atoms with van der Waals surface area (Å²) < 4.78 is 5.78. The van der Waals surface area contributed by atoms with E-state index in [4.69, 9.17) is 4.74 Å². The molecule has 0 saturated carbocycles. The van der Waals surface area contributed by atoms with Gasteiger partial charge in [-0.25, -0.2) is 4.98 Å². The van der Waals surface area contributed by atoms with Crippen LogP contribution in [-0.2, 0) is 10.5 Å². The molecular formula is C17H26N6OS2. The zero-order valence-corrected chi connectivity index (χ0v) is 17.1. The standard InChI is InChI=1S/C17H26N6OS2/c1-13-14(11-26-17-19-12-20-21-17)18-5-4-15(13)25-9-7-23-6-8-24-16(10-23)22(2)3/h4-5,12,16H,6-11H2,1-3H3,(H,19,20,21). The lowest BCUT2D eigenvalue weighted by Gasteiger charge is -2.36. The third kappa shape index (κ3) is 5.43. The Morgan fingerprint density at radius 1 is 1.35 bits per heavy atom. The number of H-pyrrole nitrogens is 1. The van der Waals surface area contributed by atoms with Gasteiger partial charge in [-0.15, -0.1) is 11.8 Å². The summed E-state index contributed by atoms with van der Waals surface area (Å²) in [6.45, 7) is 6.02. The molecule has 1 aliphatic rings. The molecule has 1 N–H and O–H groups in total. The molecule has 9 heteroatoms. The van der Waals surface area contributed by atoms with Crippen molar-refractivity contribution in [2.45, 2.75) is 29.0 Å². The minimum atomic E-state index is 0.205. The van der Waals surface area contributed by atoms with E-state index < -0.39 is 0 Å². The first-order chi connectivity index (χ1) is 12.6. The van der Waals surface area contributed by atoms with Crippen LogP contribution in [0.2, 0.25) is 0 Å². The van der Waals surface area contributed by atoms with Gasteiger partial charge in [-0.05, 0) is 32.6 Å². The van der Waals surface area contributed by atoms with E-state index >= 15 is 0 Å². The smallest absolute Gasteiger partial charge is 0.183 e. The number of ether oxygens (including phenoxy) is 1. The van der Waals surface area contributed by atoms with Gasteiger partial charge in [0.05, 0.1) is 12.3 Å². The summed E-state index contributed by atoms with van der Waals surface area (Å²) in [6, 6.07) is 2.12. The van der Waals surface area contributed by atoms with Crippen LogP contribution in [0.1, 0.15) is 11.3 Å². The molecule has 7 nitrogen and oxygen atoms in total. The van der Waals surface area contributed by atoms with Crippen LogP contribution < -0.4 is 0 Å². The molecule has 0 aliphatic carbocycles. The van der Waals surface area contributed by atoms with Gasteiger partial charge < -0.3 is 4.74 Å². The number of nitrogens with one attached hydrogen (secondary N) is 1. The third-order valence-corrected chi connectivity index (χ3v) is 6.40. The Morgan fingerprint density at radius 3 is 3.00 bits per heavy atom. The second-order valence-corrected chi connectivity index (χ2v) is 8.50. The lowest BCUT2D eigenvalue weighted by atomic mass is 10.2. The van der Waals surface area contributed by atoms with Gasteiger partial charge in [0.25, 0.3) is 0 Å². The van der Waals surface area contributed by atoms with Crippen LogP contribution in [-0.4, -0.2) is 82.3 Å². The molecule has 0 bridgehead atoms. The van der Waals surface area contributed by atoms with Gasteiger partial charge in [-0.1, -0.05) is 11.8 Å². The first kappa shape index (κ1) is 19.6. The van der Waals surface area contributed by atoms with Gasteiger partial charge >= 0.3 is 0 Å². The summed E-state index contributed by atoms with van der Waals surface area (Å²) >= 11 is 3.53. The van der Waals surface area contributed by atoms with E-state index in [1.807, 2.05) is 18.0 Å². The molecule has 2 aromatic heterocycles. The number of morpholine rings is 1. The van der Waals surface area contributed by atoms with Crippen molar-refractivity contribution in [2.24, 2.45) is 0 Å². The Bertz CT molecular complexity index is 682. The van der Waals surface area contributed by atoms with Crippen molar-refractivity contribution >= 4 is 23.5 Å². The number of hydrogen-bond acceptors (Lipinski definition) is 8. The molecule has 1 aliphatic heterocycles. The predicted molar refractivity (Wildman–Crippen MR) is 106 cm³/mol. The average Bonchev–Trinajstić information content (AvgIpc) is 3.16. The van der Waals surface area contributed by atoms with Crippen molar-refractivity contribution in [1.82, 2.24) is 30.0 Å². The van der Waals surface area contributed by atoms with Crippen LogP contribution in [0.5, 0.6) is 0 Å². The summed E-state index contributed by atoms with van der Waals surface area (Å²) in [5.74, 6) is 1.86. The van der Waals surface area contributed by atoms with Crippen molar-refractivity contribution in [1.29, 1.82) is 0 Å². The van der Waals surface area contributed by atoms with Crippen LogP contribution in [0.15, 0.2) is 28.6 Å². The Hall–Kier alpha value is -1.13. The molecule has 3 rings (SSSR count). The fraction of sp³-hybridized carbons (Fsp3) is 0.588. The highest BCUT2D eigenvalue weighted by Crippen LogP contribution is 2.27. The number of nitrogens with zero attached hydrogens (tertiary/aromatic N) is 5. The molecule has 1 unspecified atom stereocenters. The van der Waals surface area contributed by atoms with Gasteiger partial charge in [0, 0.05) is 42.2 Å². The van der Waals surface area contributed by atoms with E-state index in [9.17, 15) is 0 Å². The topological polar surface area (TPSA) is 70.2 Å². The largest absolute Gasteiger partial charge is 0.360 e. The number of aromatic amines is 1. The molecule has 0 amide bonds. The van der Waals surface area contributed by atoms with Gasteiger partial charge in [-0.3, -0.25) is 19.9 Å². The number of likely N-dealkylation sites (N-methyl/N-ethyl adjacent to an activating group) is 1. The van der Waals surface area contributed by atoms with Crippen LogP contribution in [0, 0.1) is 6.92 Å². The molecular weight excluding hydrogens is 368 g/mol. The van der Waals surface area contributed by atoms with Crippen LogP contribution in [0.3, 0.4) is 0 Å². The van der Waals surface area contributed by atoms with Gasteiger partial charge in [0.15, 0.2) is 5.16 Å². The van der Waals surface area contributed by atoms with Crippen molar-refractivity contribution in [3.8, 4) is 0 Å². The SMILES string of the molecule is Cc1c(SCCN2CCOC(N(C)C)C2)ccnc1CSc1ncn[nH]1. The zero-order valence-electron chi connectivity index (χ0n) is 15.5. The Balaban J connectivity index is 1.49. The van der Waals surface area contributed by atoms with Gasteiger partial charge in [0.1, 0.15) is 12.6 Å². The Morgan fingerprint density at radius 2 is 2.23 bits per heavy atom. The van der Waals surface area contributed by atoms with Crippen LogP contribution >= 0.6 is 23.5 Å². The van der Waals surface area contributed by atoms with E-state index in [-0.39, 0.29) is 6.23 Å². The molecule has 0 radical (unpaired) electrons. The minimum Gasteiger partial charge on any atom is -0.360 e. The molecule has 3 heterocycles. The summed E-state index contributed by atoms with van der Waals surface area (Å²) in [6.07, 6.45) is 3.64. The molecule has 1 atom stereocenters. The van der Waals surface area contributed by atoms with E-state index in [0.717, 1.165) is 48.6 Å². The zero-order chi connectivity index (χ0) is 18.4. The highest BCUT2D eigenvalue weighted by atomic mass is 32.2. The summed E-state index contributed by atoms with van der Waals surface area (Å²) in [7, 11) is 4.14. The molecule has 0 aromatic carbocycles. The normalized spacial score (nSPS) is 18.5. The van der Waals surface area contributed by atoms with Crippen LogP contribution in [0.25, 0.3) is 0 Å². The lowest BCUT2D eigenvalue weighted by Crippen LogP contribution is -2.49. The van der Waals surface area contributed by atoms with E-state index in [2.05, 4.69) is 57.1 Å². The van der Waals surface area contributed by atoms with Crippen molar-refractivity contribution < 1.29 is 4.74 Å². The average molecular weight is 395 g/mol. The Labute approximate surface area is 163 Å². The number of pyridine rings is 1. The fourth-order valence-electron chi connectivity index (χ4n) is 2.74. The minimum absolute atomic E-state index is 0.205. The summed E-state index contributed by atoms with van der Waals surface area (Å²) in [5.41, 5.74) is 2.37. The quantitative estimate of drug-likeness (QED) is 0.683. The molecule has 1 saturated heterocycles. The highest BCUT2D eigenvalue weighted by Gasteiger charge is 2.21. The van der Waals surface area contributed by atoms with Gasteiger partial charge in [-0.2, -0.15) is 5.10 Å². The van der Waals surface area contributed by atoms with E-state index in [1.54, 1.807) is 11.8 Å². The maximum Gasteiger partial charge on any atom is 0.183 e. The molecule has 0 spiro atoms. The predicted octanol–water partition coefficient (Wildman–Crippen LogP) is 2.11. The fourth-order valence-corrected chi connectivity index (χ4v) is 4.61. The summed E-state index contributed by atoms with van der Waals surface area (Å²) in [4.78, 5) is 14.6. The summed E-state index contributed by atoms with van der Waals surface area (Å²) in [5, 5.41) is 7.58. The van der Waals surface area contributed by atoms with Crippen molar-refractivity contribution in [3.63, 3.8) is 0 Å². The van der Waals surface area contributed by atoms with E-state index in [1.165, 1.54) is 16.8 Å². The van der Waals surface area contributed by atoms with Gasteiger partial charge in [0.2, 0.25) is 0 Å². The van der Waals surface area contributed by atoms with E-state index in [0.29, 0.717) is 0 Å². The second kappa shape index (κ2) is 9.70. The number of hydrogen-bond donors (Lipinski definition) is 1. The first-order valence-corrected chi connectivity index (χ1v) is 10.7. The van der Waals surface area contributed by atoms with Crippen molar-refractivity contribution in [3.05, 3.63) is 29.8 Å². The number of aromatic nitrogens is 4. The first-order valence-electron chi connectivity index (χ1n) is 8.69. The molecule has 26 heavy (non-hydrogen) atoms. The number of thioether (sulfide) groups is 2. The monoisotopic (exact) mass is 394 g/mol. The third-order valence-electron chi connectivity index (χ3n) is 4.37. The molecule has 142 valence electrons. The molecule has 2 aromatic rings. The lowest BCUT2D eigenvalue weighted by molar-refractivity contribution is -0.0929. The molecule has 1 fully saturated rings.